The molecule has 3 rings (SSSR count). The van der Waals surface area contributed by atoms with Crippen LogP contribution in [0.5, 0.6) is 0 Å². The Bertz CT molecular complexity index is 519. The maximum atomic E-state index is 9.95. The van der Waals surface area contributed by atoms with Gasteiger partial charge in [0.1, 0.15) is 5.54 Å². The van der Waals surface area contributed by atoms with E-state index in [-0.39, 0.29) is 0 Å². The van der Waals surface area contributed by atoms with Crippen LogP contribution in [-0.4, -0.2) is 31.1 Å². The fraction of sp³-hybridized carbons (Fsp3) is 0.588. The Morgan fingerprint density at radius 2 is 1.95 bits per heavy atom. The summed E-state index contributed by atoms with van der Waals surface area (Å²) < 4.78 is 11.7. The molecule has 0 aliphatic carbocycles. The zero-order valence-corrected chi connectivity index (χ0v) is 12.5. The molecular weight excluding hydrogens is 264 g/mol. The van der Waals surface area contributed by atoms with E-state index in [0.717, 1.165) is 31.5 Å². The molecule has 0 aromatic heterocycles. The number of nitriles is 1. The van der Waals surface area contributed by atoms with Crippen LogP contribution in [0.3, 0.4) is 0 Å². The molecule has 1 spiro atoms. The molecule has 2 heterocycles. The van der Waals surface area contributed by atoms with Gasteiger partial charge in [-0.05, 0) is 18.6 Å². The first kappa shape index (κ1) is 14.4. The number of hydrogen-bond donors (Lipinski definition) is 0. The van der Waals surface area contributed by atoms with Gasteiger partial charge in [-0.25, -0.2) is 0 Å². The molecule has 0 saturated carbocycles. The average Bonchev–Trinajstić information content (AvgIpc) is 2.96. The van der Waals surface area contributed by atoms with Crippen LogP contribution in [0, 0.1) is 11.3 Å². The molecule has 2 aliphatic rings. The van der Waals surface area contributed by atoms with Crippen LogP contribution in [-0.2, 0) is 9.47 Å². The summed E-state index contributed by atoms with van der Waals surface area (Å²) >= 11 is 0. The fourth-order valence-corrected chi connectivity index (χ4v) is 3.65. The third kappa shape index (κ3) is 2.52. The van der Waals surface area contributed by atoms with Crippen LogP contribution in [0.1, 0.15) is 32.6 Å². The van der Waals surface area contributed by atoms with Crippen molar-refractivity contribution in [3.8, 4) is 6.07 Å². The van der Waals surface area contributed by atoms with Crippen LogP contribution in [0.4, 0.5) is 5.69 Å². The minimum Gasteiger partial charge on any atom is -0.353 e. The molecule has 2 saturated heterocycles. The summed E-state index contributed by atoms with van der Waals surface area (Å²) in [6.45, 7) is 4.19. The normalized spacial score (nSPS) is 27.7. The third-order valence-electron chi connectivity index (χ3n) is 4.55. The number of nitrogens with zero attached hydrogens (tertiary/aromatic N) is 2. The highest BCUT2D eigenvalue weighted by Crippen LogP contribution is 2.44. The Labute approximate surface area is 126 Å². The molecule has 2 fully saturated rings. The molecule has 2 aliphatic heterocycles. The minimum absolute atomic E-state index is 0.543. The van der Waals surface area contributed by atoms with Crippen molar-refractivity contribution in [2.75, 3.05) is 24.7 Å². The molecule has 21 heavy (non-hydrogen) atoms. The number of hydrogen-bond acceptors (Lipinski definition) is 4. The summed E-state index contributed by atoms with van der Waals surface area (Å²) in [6, 6.07) is 12.8. The Kier molecular flexibility index (Phi) is 3.88. The van der Waals surface area contributed by atoms with E-state index in [0.29, 0.717) is 19.6 Å². The van der Waals surface area contributed by atoms with Crippen molar-refractivity contribution < 1.29 is 9.47 Å². The van der Waals surface area contributed by atoms with E-state index >= 15 is 0 Å². The molecule has 1 aromatic rings. The molecule has 0 radical (unpaired) electrons. The highest BCUT2D eigenvalue weighted by Gasteiger charge is 2.52. The molecule has 4 heteroatoms. The van der Waals surface area contributed by atoms with Gasteiger partial charge in [0.05, 0.1) is 19.3 Å². The Hall–Kier alpha value is -1.57. The van der Waals surface area contributed by atoms with Crippen LogP contribution in [0.2, 0.25) is 0 Å². The Morgan fingerprint density at radius 1 is 1.24 bits per heavy atom. The molecule has 1 unspecified atom stereocenters. The third-order valence-corrected chi connectivity index (χ3v) is 4.55. The number of ether oxygens (including phenoxy) is 2. The number of anilines is 1. The van der Waals surface area contributed by atoms with Gasteiger partial charge in [-0.2, -0.15) is 5.26 Å². The second-order valence-corrected chi connectivity index (χ2v) is 5.91. The van der Waals surface area contributed by atoms with Gasteiger partial charge in [-0.15, -0.1) is 0 Å². The van der Waals surface area contributed by atoms with E-state index in [4.69, 9.17) is 9.47 Å². The van der Waals surface area contributed by atoms with Crippen molar-refractivity contribution in [3.63, 3.8) is 0 Å². The quantitative estimate of drug-likeness (QED) is 0.856. The summed E-state index contributed by atoms with van der Waals surface area (Å²) in [5.74, 6) is -0.545. The lowest BCUT2D eigenvalue weighted by Gasteiger charge is -2.49. The lowest BCUT2D eigenvalue weighted by Crippen LogP contribution is -2.59. The number of benzene rings is 1. The summed E-state index contributed by atoms with van der Waals surface area (Å²) in [5, 5.41) is 9.95. The predicted molar refractivity (Wildman–Crippen MR) is 80.9 cm³/mol. The summed E-state index contributed by atoms with van der Waals surface area (Å²) in [4.78, 5) is 2.24. The first-order chi connectivity index (χ1) is 10.2. The maximum absolute atomic E-state index is 9.95. The van der Waals surface area contributed by atoms with Gasteiger partial charge in [0.15, 0.2) is 5.79 Å². The summed E-state index contributed by atoms with van der Waals surface area (Å²) in [7, 11) is 0. The van der Waals surface area contributed by atoms with Crippen molar-refractivity contribution in [1.29, 1.82) is 5.26 Å². The fourth-order valence-electron chi connectivity index (χ4n) is 3.65. The molecule has 1 atom stereocenters. The first-order valence-corrected chi connectivity index (χ1v) is 7.75. The van der Waals surface area contributed by atoms with Gasteiger partial charge in [0.25, 0.3) is 0 Å². The van der Waals surface area contributed by atoms with Crippen molar-refractivity contribution in [1.82, 2.24) is 0 Å². The van der Waals surface area contributed by atoms with Crippen LogP contribution < -0.4 is 4.90 Å². The van der Waals surface area contributed by atoms with Crippen molar-refractivity contribution >= 4 is 5.69 Å². The zero-order valence-electron chi connectivity index (χ0n) is 12.5. The summed E-state index contributed by atoms with van der Waals surface area (Å²) in [5.41, 5.74) is 0.568. The van der Waals surface area contributed by atoms with E-state index in [1.807, 2.05) is 18.2 Å². The molecule has 0 bridgehead atoms. The lowest BCUT2D eigenvalue weighted by atomic mass is 9.80. The van der Waals surface area contributed by atoms with E-state index in [2.05, 4.69) is 30.0 Å². The van der Waals surface area contributed by atoms with Crippen molar-refractivity contribution in [2.24, 2.45) is 0 Å². The first-order valence-electron chi connectivity index (χ1n) is 7.75. The van der Waals surface area contributed by atoms with Crippen LogP contribution in [0.15, 0.2) is 30.3 Å². The SMILES string of the molecule is CCCC1(C#N)CC2(CCN1c1ccccc1)OCCO2. The molecule has 0 amide bonds. The highest BCUT2D eigenvalue weighted by molar-refractivity contribution is 5.52. The second-order valence-electron chi connectivity index (χ2n) is 5.91. The van der Waals surface area contributed by atoms with Gasteiger partial charge >= 0.3 is 0 Å². The van der Waals surface area contributed by atoms with Crippen molar-refractivity contribution in [2.45, 2.75) is 43.9 Å². The number of piperidine rings is 1. The van der Waals surface area contributed by atoms with Gasteiger partial charge in [-0.1, -0.05) is 31.5 Å². The highest BCUT2D eigenvalue weighted by atomic mass is 16.7. The van der Waals surface area contributed by atoms with Crippen LogP contribution in [0.25, 0.3) is 0 Å². The second kappa shape index (κ2) is 5.67. The Balaban J connectivity index is 1.95. The topological polar surface area (TPSA) is 45.5 Å². The number of para-hydroxylation sites is 1. The van der Waals surface area contributed by atoms with Crippen molar-refractivity contribution in [3.05, 3.63) is 30.3 Å². The van der Waals surface area contributed by atoms with Gasteiger partial charge in [0.2, 0.25) is 0 Å². The number of rotatable bonds is 3. The molecular formula is C17H22N2O2. The average molecular weight is 286 g/mol. The minimum atomic E-state index is -0.545. The largest absolute Gasteiger partial charge is 0.353 e. The molecule has 4 nitrogen and oxygen atoms in total. The Morgan fingerprint density at radius 3 is 2.57 bits per heavy atom. The summed E-state index contributed by atoms with van der Waals surface area (Å²) in [6.07, 6.45) is 3.23. The zero-order chi connectivity index (χ0) is 14.8. The van der Waals surface area contributed by atoms with E-state index in [1.165, 1.54) is 0 Å². The predicted octanol–water partition coefficient (Wildman–Crippen LogP) is 3.09. The van der Waals surface area contributed by atoms with E-state index in [9.17, 15) is 5.26 Å². The lowest BCUT2D eigenvalue weighted by molar-refractivity contribution is -0.181. The maximum Gasteiger partial charge on any atom is 0.173 e. The monoisotopic (exact) mass is 286 g/mol. The molecule has 0 N–H and O–H groups in total. The van der Waals surface area contributed by atoms with Gasteiger partial charge in [0, 0.05) is 25.1 Å². The van der Waals surface area contributed by atoms with Gasteiger partial charge < -0.3 is 14.4 Å². The molecule has 112 valence electrons. The van der Waals surface area contributed by atoms with E-state index < -0.39 is 11.3 Å². The smallest absolute Gasteiger partial charge is 0.173 e. The molecule has 1 aromatic carbocycles. The van der Waals surface area contributed by atoms with Crippen LogP contribution >= 0.6 is 0 Å². The van der Waals surface area contributed by atoms with E-state index in [1.54, 1.807) is 0 Å². The van der Waals surface area contributed by atoms with Gasteiger partial charge in [-0.3, -0.25) is 0 Å². The standard InChI is InChI=1S/C17H22N2O2/c1-2-8-16(14-18)13-17(20-11-12-21-17)9-10-19(16)15-6-4-3-5-7-15/h3-7H,2,8-13H2,1H3.